The molecule has 1 aliphatic heterocycles. The van der Waals surface area contributed by atoms with E-state index >= 15 is 0 Å². The second-order valence-electron chi connectivity index (χ2n) is 4.61. The lowest BCUT2D eigenvalue weighted by atomic mass is 9.99. The standard InChI is InChI=1S/C13H17N3/c1-10-4-3-7-16-12(10)9-15-13(16)11-5-2-6-14-8-11/h3-4,7,9,11,14H,2,5-6,8H2,1H3. The van der Waals surface area contributed by atoms with Crippen molar-refractivity contribution in [2.24, 2.45) is 0 Å². The van der Waals surface area contributed by atoms with Crippen LogP contribution < -0.4 is 5.32 Å². The van der Waals surface area contributed by atoms with Crippen LogP contribution in [0.3, 0.4) is 0 Å². The average Bonchev–Trinajstić information content (AvgIpc) is 2.75. The zero-order valence-electron chi connectivity index (χ0n) is 9.61. The average molecular weight is 215 g/mol. The Labute approximate surface area is 95.5 Å². The molecule has 2 aromatic heterocycles. The van der Waals surface area contributed by atoms with Crippen molar-refractivity contribution in [3.63, 3.8) is 0 Å². The number of hydrogen-bond donors (Lipinski definition) is 1. The lowest BCUT2D eigenvalue weighted by Crippen LogP contribution is -2.29. The lowest BCUT2D eigenvalue weighted by Gasteiger charge is -2.21. The molecule has 0 radical (unpaired) electrons. The number of pyridine rings is 1. The van der Waals surface area contributed by atoms with E-state index in [4.69, 9.17) is 0 Å². The molecule has 1 fully saturated rings. The van der Waals surface area contributed by atoms with E-state index in [0.29, 0.717) is 5.92 Å². The third kappa shape index (κ3) is 1.52. The maximum absolute atomic E-state index is 4.60. The Balaban J connectivity index is 2.06. The Morgan fingerprint density at radius 2 is 2.44 bits per heavy atom. The van der Waals surface area contributed by atoms with Gasteiger partial charge in [-0.25, -0.2) is 4.98 Å². The highest BCUT2D eigenvalue weighted by molar-refractivity contribution is 5.53. The van der Waals surface area contributed by atoms with Gasteiger partial charge in [-0.1, -0.05) is 6.07 Å². The second kappa shape index (κ2) is 3.91. The van der Waals surface area contributed by atoms with Gasteiger partial charge in [-0.05, 0) is 37.9 Å². The Morgan fingerprint density at radius 3 is 3.25 bits per heavy atom. The van der Waals surface area contributed by atoms with Gasteiger partial charge in [-0.3, -0.25) is 0 Å². The first kappa shape index (κ1) is 9.85. The Kier molecular flexibility index (Phi) is 2.40. The quantitative estimate of drug-likeness (QED) is 0.789. The van der Waals surface area contributed by atoms with Crippen LogP contribution in [-0.2, 0) is 0 Å². The summed E-state index contributed by atoms with van der Waals surface area (Å²) in [5, 5.41) is 3.45. The summed E-state index contributed by atoms with van der Waals surface area (Å²) < 4.78 is 2.24. The van der Waals surface area contributed by atoms with Gasteiger partial charge < -0.3 is 9.72 Å². The van der Waals surface area contributed by atoms with Crippen LogP contribution in [0, 0.1) is 6.92 Å². The molecular formula is C13H17N3. The van der Waals surface area contributed by atoms with Crippen molar-refractivity contribution < 1.29 is 0 Å². The van der Waals surface area contributed by atoms with E-state index in [0.717, 1.165) is 13.1 Å². The topological polar surface area (TPSA) is 29.3 Å². The Hall–Kier alpha value is -1.35. The van der Waals surface area contributed by atoms with Crippen molar-refractivity contribution in [2.75, 3.05) is 13.1 Å². The summed E-state index contributed by atoms with van der Waals surface area (Å²) in [6.45, 7) is 4.35. The predicted molar refractivity (Wildman–Crippen MR) is 64.8 cm³/mol. The van der Waals surface area contributed by atoms with Crippen molar-refractivity contribution in [1.29, 1.82) is 0 Å². The molecule has 0 amide bonds. The first-order valence-electron chi connectivity index (χ1n) is 5.99. The van der Waals surface area contributed by atoms with Gasteiger partial charge in [0.05, 0.1) is 11.7 Å². The van der Waals surface area contributed by atoms with Crippen LogP contribution in [0.15, 0.2) is 24.5 Å². The molecule has 3 rings (SSSR count). The Bertz CT molecular complexity index is 495. The van der Waals surface area contributed by atoms with Gasteiger partial charge in [0.15, 0.2) is 0 Å². The summed E-state index contributed by atoms with van der Waals surface area (Å²) in [4.78, 5) is 4.60. The molecule has 3 heteroatoms. The van der Waals surface area contributed by atoms with Crippen LogP contribution in [0.1, 0.15) is 30.1 Å². The first-order chi connectivity index (χ1) is 7.86. The van der Waals surface area contributed by atoms with Gasteiger partial charge in [0.25, 0.3) is 0 Å². The van der Waals surface area contributed by atoms with Gasteiger partial charge in [0, 0.05) is 18.7 Å². The summed E-state index contributed by atoms with van der Waals surface area (Å²) in [6.07, 6.45) is 6.63. The second-order valence-corrected chi connectivity index (χ2v) is 4.61. The highest BCUT2D eigenvalue weighted by Crippen LogP contribution is 2.23. The molecule has 0 aliphatic carbocycles. The first-order valence-corrected chi connectivity index (χ1v) is 5.99. The molecule has 16 heavy (non-hydrogen) atoms. The van der Waals surface area contributed by atoms with Crippen molar-refractivity contribution in [3.8, 4) is 0 Å². The smallest absolute Gasteiger partial charge is 0.117 e. The maximum Gasteiger partial charge on any atom is 0.117 e. The minimum absolute atomic E-state index is 0.568. The molecular weight excluding hydrogens is 198 g/mol. The molecule has 0 saturated carbocycles. The van der Waals surface area contributed by atoms with Gasteiger partial charge >= 0.3 is 0 Å². The zero-order chi connectivity index (χ0) is 11.0. The molecule has 0 bridgehead atoms. The summed E-state index contributed by atoms with van der Waals surface area (Å²) in [5.74, 6) is 1.78. The van der Waals surface area contributed by atoms with Gasteiger partial charge in [0.2, 0.25) is 0 Å². The summed E-state index contributed by atoms with van der Waals surface area (Å²) >= 11 is 0. The van der Waals surface area contributed by atoms with Crippen LogP contribution >= 0.6 is 0 Å². The predicted octanol–water partition coefficient (Wildman–Crippen LogP) is 2.11. The number of rotatable bonds is 1. The number of hydrogen-bond acceptors (Lipinski definition) is 2. The van der Waals surface area contributed by atoms with E-state index in [9.17, 15) is 0 Å². The monoisotopic (exact) mass is 215 g/mol. The van der Waals surface area contributed by atoms with Gasteiger partial charge in [0.1, 0.15) is 5.82 Å². The fourth-order valence-corrected chi connectivity index (χ4v) is 2.56. The molecule has 1 aliphatic rings. The zero-order valence-corrected chi connectivity index (χ0v) is 9.61. The van der Waals surface area contributed by atoms with E-state index in [2.05, 4.69) is 40.0 Å². The minimum atomic E-state index is 0.568. The van der Waals surface area contributed by atoms with Crippen LogP contribution in [0.4, 0.5) is 0 Å². The summed E-state index contributed by atoms with van der Waals surface area (Å²) in [5.41, 5.74) is 2.54. The third-order valence-electron chi connectivity index (χ3n) is 3.47. The molecule has 0 spiro atoms. The maximum atomic E-state index is 4.60. The molecule has 84 valence electrons. The molecule has 0 aromatic carbocycles. The van der Waals surface area contributed by atoms with Crippen LogP contribution in [0.2, 0.25) is 0 Å². The highest BCUT2D eigenvalue weighted by atomic mass is 15.0. The van der Waals surface area contributed by atoms with Crippen molar-refractivity contribution >= 4 is 5.52 Å². The number of aromatic nitrogens is 2. The number of imidazole rings is 1. The van der Waals surface area contributed by atoms with Gasteiger partial charge in [-0.2, -0.15) is 0 Å². The SMILES string of the molecule is Cc1cccn2c(C3CCCNC3)ncc12. The van der Waals surface area contributed by atoms with Crippen molar-refractivity contribution in [3.05, 3.63) is 35.9 Å². The van der Waals surface area contributed by atoms with E-state index in [-0.39, 0.29) is 0 Å². The molecule has 3 heterocycles. The van der Waals surface area contributed by atoms with Gasteiger partial charge in [-0.15, -0.1) is 0 Å². The molecule has 2 aromatic rings. The Morgan fingerprint density at radius 1 is 1.50 bits per heavy atom. The van der Waals surface area contributed by atoms with E-state index in [1.807, 2.05) is 6.20 Å². The largest absolute Gasteiger partial charge is 0.316 e. The minimum Gasteiger partial charge on any atom is -0.316 e. The molecule has 1 unspecified atom stereocenters. The van der Waals surface area contributed by atoms with E-state index < -0.39 is 0 Å². The molecule has 1 N–H and O–H groups in total. The molecule has 3 nitrogen and oxygen atoms in total. The lowest BCUT2D eigenvalue weighted by molar-refractivity contribution is 0.445. The van der Waals surface area contributed by atoms with E-state index in [1.165, 1.54) is 29.7 Å². The number of nitrogens with zero attached hydrogens (tertiary/aromatic N) is 2. The third-order valence-corrected chi connectivity index (χ3v) is 3.47. The van der Waals surface area contributed by atoms with Crippen molar-refractivity contribution in [2.45, 2.75) is 25.7 Å². The van der Waals surface area contributed by atoms with Crippen LogP contribution in [0.5, 0.6) is 0 Å². The van der Waals surface area contributed by atoms with Crippen LogP contribution in [0.25, 0.3) is 5.52 Å². The summed E-state index contributed by atoms with van der Waals surface area (Å²) in [6, 6.07) is 4.24. The molecule has 1 saturated heterocycles. The highest BCUT2D eigenvalue weighted by Gasteiger charge is 2.19. The number of aryl methyl sites for hydroxylation is 1. The fraction of sp³-hybridized carbons (Fsp3) is 0.462. The number of fused-ring (bicyclic) bond motifs is 1. The normalized spacial score (nSPS) is 21.4. The summed E-state index contributed by atoms with van der Waals surface area (Å²) in [7, 11) is 0. The number of piperidine rings is 1. The fourth-order valence-electron chi connectivity index (χ4n) is 2.56. The van der Waals surface area contributed by atoms with Crippen molar-refractivity contribution in [1.82, 2.24) is 14.7 Å². The van der Waals surface area contributed by atoms with Crippen LogP contribution in [-0.4, -0.2) is 22.5 Å². The van der Waals surface area contributed by atoms with E-state index in [1.54, 1.807) is 0 Å². The molecule has 1 atom stereocenters. The number of nitrogens with one attached hydrogen (secondary N) is 1.